The van der Waals surface area contributed by atoms with Crippen LogP contribution < -0.4 is 0 Å². The van der Waals surface area contributed by atoms with Gasteiger partial charge in [-0.2, -0.15) is 0 Å². The fourth-order valence-electron chi connectivity index (χ4n) is 0.910. The van der Waals surface area contributed by atoms with E-state index in [0.29, 0.717) is 0 Å². The van der Waals surface area contributed by atoms with Crippen molar-refractivity contribution in [2.24, 2.45) is 0 Å². The second-order valence-electron chi connectivity index (χ2n) is 2.77. The summed E-state index contributed by atoms with van der Waals surface area (Å²) in [5.41, 5.74) is 2.20. The molecule has 0 aromatic heterocycles. The van der Waals surface area contributed by atoms with E-state index in [4.69, 9.17) is 0 Å². The Balaban J connectivity index is 0.00000169. The molecule has 0 aliphatic rings. The van der Waals surface area contributed by atoms with Crippen molar-refractivity contribution in [1.29, 1.82) is 0 Å². The summed E-state index contributed by atoms with van der Waals surface area (Å²) < 4.78 is 4.47. The van der Waals surface area contributed by atoms with Gasteiger partial charge in [-0.3, -0.25) is 0 Å². The summed E-state index contributed by atoms with van der Waals surface area (Å²) in [4.78, 5) is 10.7. The van der Waals surface area contributed by atoms with Gasteiger partial charge in [0.1, 0.15) is 0 Å². The third-order valence-electron chi connectivity index (χ3n) is 1.69. The molecular weight excluding hydrogens is 271 g/mol. The van der Waals surface area contributed by atoms with Crippen LogP contribution in [0.1, 0.15) is 11.1 Å². The zero-order valence-corrected chi connectivity index (χ0v) is 9.65. The molecule has 14 heavy (non-hydrogen) atoms. The topological polar surface area (TPSA) is 26.3 Å². The first-order valence-electron chi connectivity index (χ1n) is 4.05. The van der Waals surface area contributed by atoms with Gasteiger partial charge < -0.3 is 4.74 Å². The van der Waals surface area contributed by atoms with Crippen molar-refractivity contribution in [2.45, 2.75) is 6.92 Å². The minimum atomic E-state index is -0.333. The Bertz CT molecular complexity index is 315. The van der Waals surface area contributed by atoms with Crippen LogP contribution in [-0.2, 0) is 30.0 Å². The minimum absolute atomic E-state index is 0. The molecule has 0 aliphatic carbocycles. The molecule has 2 nitrogen and oxygen atoms in total. The Hall–Kier alpha value is -0.908. The molecule has 0 heterocycles. The Morgan fingerprint density at radius 1 is 1.29 bits per heavy atom. The van der Waals surface area contributed by atoms with E-state index in [1.165, 1.54) is 18.7 Å². The molecule has 0 fully saturated rings. The van der Waals surface area contributed by atoms with Crippen molar-refractivity contribution in [2.75, 3.05) is 7.11 Å². The normalized spacial score (nSPS) is 9.57. The second kappa shape index (κ2) is 6.53. The third-order valence-corrected chi connectivity index (χ3v) is 1.69. The van der Waals surface area contributed by atoms with E-state index in [2.05, 4.69) is 4.74 Å². The van der Waals surface area contributed by atoms with E-state index in [1.54, 1.807) is 6.08 Å². The van der Waals surface area contributed by atoms with Gasteiger partial charge in [0, 0.05) is 26.5 Å². The van der Waals surface area contributed by atoms with E-state index in [1.807, 2.05) is 31.2 Å². The summed E-state index contributed by atoms with van der Waals surface area (Å²) in [6, 6.07) is 7.90. The molecule has 0 saturated carbocycles. The van der Waals surface area contributed by atoms with Crippen molar-refractivity contribution in [3.63, 3.8) is 0 Å². The Morgan fingerprint density at radius 3 is 2.36 bits per heavy atom. The predicted molar refractivity (Wildman–Crippen MR) is 52.2 cm³/mol. The van der Waals surface area contributed by atoms with Gasteiger partial charge in [-0.1, -0.05) is 29.8 Å². The standard InChI is InChI=1S/C11H12O2.Pd/c1-9-3-5-10(6-4-9)7-8-11(12)13-2;/h3-8H,1-2H3;. The molecule has 0 atom stereocenters. The van der Waals surface area contributed by atoms with E-state index >= 15 is 0 Å². The summed E-state index contributed by atoms with van der Waals surface area (Å²) in [5.74, 6) is -0.333. The number of carbonyl (C=O) groups is 1. The first-order valence-corrected chi connectivity index (χ1v) is 4.05. The van der Waals surface area contributed by atoms with Crippen molar-refractivity contribution in [1.82, 2.24) is 0 Å². The SMILES string of the molecule is COC(=O)C=Cc1ccc(C)cc1.[Pd]. The average Bonchev–Trinajstić information content (AvgIpc) is 2.16. The largest absolute Gasteiger partial charge is 0.466 e. The molecule has 78 valence electrons. The minimum Gasteiger partial charge on any atom is -0.466 e. The van der Waals surface area contributed by atoms with Crippen LogP contribution in [0.5, 0.6) is 0 Å². The number of methoxy groups -OCH3 is 1. The smallest absolute Gasteiger partial charge is 0.330 e. The van der Waals surface area contributed by atoms with Crippen LogP contribution in [0, 0.1) is 6.92 Å². The van der Waals surface area contributed by atoms with E-state index in [9.17, 15) is 4.79 Å². The summed E-state index contributed by atoms with van der Waals surface area (Å²) in [5, 5.41) is 0. The summed E-state index contributed by atoms with van der Waals surface area (Å²) in [6.45, 7) is 2.02. The van der Waals surface area contributed by atoms with Crippen LogP contribution >= 0.6 is 0 Å². The average molecular weight is 283 g/mol. The summed E-state index contributed by atoms with van der Waals surface area (Å²) in [6.07, 6.45) is 3.13. The summed E-state index contributed by atoms with van der Waals surface area (Å²) >= 11 is 0. The maximum atomic E-state index is 10.7. The molecule has 0 radical (unpaired) electrons. The molecule has 3 heteroatoms. The monoisotopic (exact) mass is 282 g/mol. The van der Waals surface area contributed by atoms with Gasteiger partial charge in [0.15, 0.2) is 0 Å². The van der Waals surface area contributed by atoms with Gasteiger partial charge in [0.2, 0.25) is 0 Å². The fraction of sp³-hybridized carbons (Fsp3) is 0.182. The third kappa shape index (κ3) is 4.36. The van der Waals surface area contributed by atoms with Gasteiger partial charge in [0.25, 0.3) is 0 Å². The maximum Gasteiger partial charge on any atom is 0.330 e. The number of carbonyl (C=O) groups excluding carboxylic acids is 1. The molecule has 0 saturated heterocycles. The van der Waals surface area contributed by atoms with E-state index < -0.39 is 0 Å². The molecule has 0 aliphatic heterocycles. The van der Waals surface area contributed by atoms with Crippen molar-refractivity contribution in [3.05, 3.63) is 41.5 Å². The number of esters is 1. The van der Waals surface area contributed by atoms with Crippen molar-refractivity contribution < 1.29 is 30.0 Å². The molecule has 1 aromatic carbocycles. The van der Waals surface area contributed by atoms with Crippen molar-refractivity contribution >= 4 is 12.0 Å². The van der Waals surface area contributed by atoms with Gasteiger partial charge in [0.05, 0.1) is 7.11 Å². The number of benzene rings is 1. The first-order chi connectivity index (χ1) is 6.22. The van der Waals surface area contributed by atoms with E-state index in [0.717, 1.165) is 5.56 Å². The van der Waals surface area contributed by atoms with Crippen molar-refractivity contribution in [3.8, 4) is 0 Å². The number of hydrogen-bond acceptors (Lipinski definition) is 2. The first kappa shape index (κ1) is 13.1. The number of rotatable bonds is 2. The number of ether oxygens (including phenoxy) is 1. The molecular formula is C11H12O2Pd. The van der Waals surface area contributed by atoms with Gasteiger partial charge in [-0.05, 0) is 18.6 Å². The number of aryl methyl sites for hydroxylation is 1. The zero-order chi connectivity index (χ0) is 9.68. The fourth-order valence-corrected chi connectivity index (χ4v) is 0.910. The van der Waals surface area contributed by atoms with Crippen LogP contribution in [0.2, 0.25) is 0 Å². The van der Waals surface area contributed by atoms with Gasteiger partial charge in [-0.15, -0.1) is 0 Å². The molecule has 1 aromatic rings. The van der Waals surface area contributed by atoms with Crippen LogP contribution in [0.3, 0.4) is 0 Å². The van der Waals surface area contributed by atoms with Gasteiger partial charge in [-0.25, -0.2) is 4.79 Å². The molecule has 0 unspecified atom stereocenters. The number of hydrogen-bond donors (Lipinski definition) is 0. The quantitative estimate of drug-likeness (QED) is 0.472. The molecule has 0 amide bonds. The molecule has 0 bridgehead atoms. The Labute approximate surface area is 97.6 Å². The van der Waals surface area contributed by atoms with Crippen LogP contribution in [0.15, 0.2) is 30.3 Å². The predicted octanol–water partition coefficient (Wildman–Crippen LogP) is 2.18. The maximum absolute atomic E-state index is 10.7. The van der Waals surface area contributed by atoms with Crippen LogP contribution in [-0.4, -0.2) is 13.1 Å². The molecule has 0 N–H and O–H groups in total. The summed E-state index contributed by atoms with van der Waals surface area (Å²) in [7, 11) is 1.36. The van der Waals surface area contributed by atoms with Crippen LogP contribution in [0.25, 0.3) is 6.08 Å². The van der Waals surface area contributed by atoms with Gasteiger partial charge >= 0.3 is 5.97 Å². The Morgan fingerprint density at radius 2 is 1.86 bits per heavy atom. The molecule has 1 rings (SSSR count). The second-order valence-corrected chi connectivity index (χ2v) is 2.77. The Kier molecular flexibility index (Phi) is 6.11. The van der Waals surface area contributed by atoms with E-state index in [-0.39, 0.29) is 26.4 Å². The molecule has 0 spiro atoms. The van der Waals surface area contributed by atoms with Crippen LogP contribution in [0.4, 0.5) is 0 Å². The zero-order valence-electron chi connectivity index (χ0n) is 8.10.